The molecule has 0 fully saturated rings. The first-order chi connectivity index (χ1) is 23.5. The molecule has 0 unspecified atom stereocenters. The van der Waals surface area contributed by atoms with E-state index in [4.69, 9.17) is 0 Å². The minimum absolute atomic E-state index is 0.0889. The zero-order chi connectivity index (χ0) is 34.5. The van der Waals surface area contributed by atoms with Gasteiger partial charge in [0.2, 0.25) is 11.8 Å². The molecule has 3 N–H and O–H groups in total. The van der Waals surface area contributed by atoms with Gasteiger partial charge in [0, 0.05) is 50.7 Å². The van der Waals surface area contributed by atoms with Crippen molar-refractivity contribution in [2.75, 3.05) is 27.2 Å². The summed E-state index contributed by atoms with van der Waals surface area (Å²) in [6, 6.07) is 10.6. The maximum Gasteiger partial charge on any atom is 0.221 e. The molecule has 48 heavy (non-hydrogen) atoms. The third kappa shape index (κ3) is 20.0. The molecular formula is C41H71N5O2. The maximum atomic E-state index is 12.5. The summed E-state index contributed by atoms with van der Waals surface area (Å²) >= 11 is 0. The zero-order valence-corrected chi connectivity index (χ0v) is 31.1. The van der Waals surface area contributed by atoms with Crippen molar-refractivity contribution >= 4 is 22.7 Å². The number of nitrogens with one attached hydrogen (secondary N) is 3. The Kier molecular flexibility index (Phi) is 24.4. The number of nitrogens with zero attached hydrogens (tertiary/aromatic N) is 2. The molecule has 2 rings (SSSR count). The first-order valence-corrected chi connectivity index (χ1v) is 19.7. The summed E-state index contributed by atoms with van der Waals surface area (Å²) in [6.07, 6.45) is 31.1. The van der Waals surface area contributed by atoms with Crippen LogP contribution >= 0.6 is 0 Å². The number of hydrogen-bond donors (Lipinski definition) is 3. The molecule has 2 amide bonds. The SMILES string of the molecule is CCCCCCCCC/C=C\CCCCCCCCCCC(=O)NCCCCCNC(=O)CCn1c(CN(C)NC)cc2ccccc21. The number of carbonyl (C=O) groups excluding carboxylic acids is 2. The normalized spacial score (nSPS) is 11.7. The minimum Gasteiger partial charge on any atom is -0.356 e. The number of carbonyl (C=O) groups is 2. The van der Waals surface area contributed by atoms with Crippen molar-refractivity contribution in [1.29, 1.82) is 0 Å². The van der Waals surface area contributed by atoms with Crippen LogP contribution in [0.3, 0.4) is 0 Å². The smallest absolute Gasteiger partial charge is 0.221 e. The highest BCUT2D eigenvalue weighted by atomic mass is 16.2. The van der Waals surface area contributed by atoms with E-state index >= 15 is 0 Å². The van der Waals surface area contributed by atoms with Gasteiger partial charge in [-0.25, -0.2) is 5.01 Å². The molecule has 2 aromatic rings. The van der Waals surface area contributed by atoms with Crippen LogP contribution in [0.1, 0.15) is 154 Å². The highest BCUT2D eigenvalue weighted by Crippen LogP contribution is 2.21. The lowest BCUT2D eigenvalue weighted by molar-refractivity contribution is -0.122. The van der Waals surface area contributed by atoms with Gasteiger partial charge >= 0.3 is 0 Å². The molecule has 0 aliphatic heterocycles. The number of rotatable bonds is 31. The Bertz CT molecular complexity index is 1130. The van der Waals surface area contributed by atoms with Gasteiger partial charge in [0.1, 0.15) is 0 Å². The summed E-state index contributed by atoms with van der Waals surface area (Å²) < 4.78 is 2.26. The maximum absolute atomic E-state index is 12.5. The van der Waals surface area contributed by atoms with Gasteiger partial charge < -0.3 is 15.2 Å². The lowest BCUT2D eigenvalue weighted by atomic mass is 10.1. The Morgan fingerprint density at radius 3 is 1.81 bits per heavy atom. The highest BCUT2D eigenvalue weighted by molar-refractivity contribution is 5.82. The van der Waals surface area contributed by atoms with Crippen LogP contribution in [0.2, 0.25) is 0 Å². The number of fused-ring (bicyclic) bond motifs is 1. The molecule has 7 heteroatoms. The Morgan fingerprint density at radius 2 is 1.21 bits per heavy atom. The van der Waals surface area contributed by atoms with Crippen molar-refractivity contribution in [3.63, 3.8) is 0 Å². The van der Waals surface area contributed by atoms with Gasteiger partial charge in [0.25, 0.3) is 0 Å². The van der Waals surface area contributed by atoms with Crippen molar-refractivity contribution in [3.05, 3.63) is 48.2 Å². The van der Waals surface area contributed by atoms with E-state index in [9.17, 15) is 9.59 Å². The van der Waals surface area contributed by atoms with Crippen LogP contribution in [0.5, 0.6) is 0 Å². The molecular weight excluding hydrogens is 594 g/mol. The molecule has 1 aromatic carbocycles. The van der Waals surface area contributed by atoms with E-state index in [1.165, 1.54) is 113 Å². The number of hydrazine groups is 1. The molecule has 0 spiro atoms. The summed E-state index contributed by atoms with van der Waals surface area (Å²) in [5.74, 6) is 0.271. The first kappa shape index (κ1) is 41.5. The van der Waals surface area contributed by atoms with Crippen LogP contribution in [0, 0.1) is 0 Å². The third-order valence-electron chi connectivity index (χ3n) is 9.40. The van der Waals surface area contributed by atoms with Crippen LogP contribution < -0.4 is 16.1 Å². The molecule has 0 saturated carbocycles. The van der Waals surface area contributed by atoms with Gasteiger partial charge in [-0.2, -0.15) is 0 Å². The predicted molar refractivity (Wildman–Crippen MR) is 205 cm³/mol. The van der Waals surface area contributed by atoms with Crippen LogP contribution in [-0.4, -0.2) is 48.6 Å². The van der Waals surface area contributed by atoms with Crippen LogP contribution in [0.25, 0.3) is 10.9 Å². The Balaban J connectivity index is 1.36. The summed E-state index contributed by atoms with van der Waals surface area (Å²) in [7, 11) is 3.93. The molecule has 7 nitrogen and oxygen atoms in total. The van der Waals surface area contributed by atoms with Gasteiger partial charge in [0.05, 0.1) is 6.54 Å². The molecule has 0 aliphatic rings. The zero-order valence-electron chi connectivity index (χ0n) is 31.1. The monoisotopic (exact) mass is 666 g/mol. The Morgan fingerprint density at radius 1 is 0.688 bits per heavy atom. The Labute approximate surface area is 294 Å². The fourth-order valence-electron chi connectivity index (χ4n) is 6.32. The van der Waals surface area contributed by atoms with Gasteiger partial charge in [-0.05, 0) is 75.9 Å². The first-order valence-electron chi connectivity index (χ1n) is 19.7. The number of allylic oxidation sites excluding steroid dienone is 2. The van der Waals surface area contributed by atoms with E-state index in [1.807, 2.05) is 25.2 Å². The van der Waals surface area contributed by atoms with Gasteiger partial charge in [0.15, 0.2) is 0 Å². The summed E-state index contributed by atoms with van der Waals surface area (Å²) in [5.41, 5.74) is 5.51. The van der Waals surface area contributed by atoms with E-state index in [1.54, 1.807) is 0 Å². The van der Waals surface area contributed by atoms with Gasteiger partial charge in [-0.15, -0.1) is 0 Å². The second kappa shape index (κ2) is 28.2. The fourth-order valence-corrected chi connectivity index (χ4v) is 6.32. The van der Waals surface area contributed by atoms with Crippen LogP contribution in [0.15, 0.2) is 42.5 Å². The molecule has 0 saturated heterocycles. The van der Waals surface area contributed by atoms with E-state index in [0.717, 1.165) is 45.2 Å². The van der Waals surface area contributed by atoms with Crippen molar-refractivity contribution < 1.29 is 9.59 Å². The Hall–Kier alpha value is -2.64. The number of unbranched alkanes of at least 4 members (excludes halogenated alkanes) is 17. The number of amides is 2. The molecule has 1 aromatic heterocycles. The summed E-state index contributed by atoms with van der Waals surface area (Å²) in [6.45, 7) is 5.12. The van der Waals surface area contributed by atoms with E-state index in [2.05, 4.69) is 64.0 Å². The van der Waals surface area contributed by atoms with E-state index in [-0.39, 0.29) is 11.8 Å². The molecule has 272 valence electrons. The standard InChI is InChI=1S/C41H71N5O2/c1-4-5-6-7-8-9-10-11-12-13-14-15-16-17-18-19-20-21-23-30-40(47)43-32-26-22-27-33-44-41(48)31-34-46-38(36-45(3)42-2)35-37-28-24-25-29-39(37)46/h12-13,24-25,28-29,35,42H,4-11,14-23,26-27,30-34,36H2,1-3H3,(H,43,47)(H,44,48)/b13-12-. The van der Waals surface area contributed by atoms with Crippen molar-refractivity contribution in [1.82, 2.24) is 25.6 Å². The van der Waals surface area contributed by atoms with Crippen molar-refractivity contribution in [3.8, 4) is 0 Å². The molecule has 0 bridgehead atoms. The number of aryl methyl sites for hydroxylation is 1. The minimum atomic E-state index is 0.0889. The summed E-state index contributed by atoms with van der Waals surface area (Å²) in [5, 5.41) is 9.39. The number of benzene rings is 1. The second-order valence-electron chi connectivity index (χ2n) is 13.7. The average Bonchev–Trinajstić information content (AvgIpc) is 3.44. The van der Waals surface area contributed by atoms with E-state index < -0.39 is 0 Å². The lowest BCUT2D eigenvalue weighted by Gasteiger charge is -2.17. The fraction of sp³-hybridized carbons (Fsp3) is 0.707. The molecule has 0 radical (unpaired) electrons. The quantitative estimate of drug-likeness (QED) is 0.0426. The molecule has 0 aliphatic carbocycles. The van der Waals surface area contributed by atoms with E-state index in [0.29, 0.717) is 25.9 Å². The van der Waals surface area contributed by atoms with Gasteiger partial charge in [-0.1, -0.05) is 114 Å². The number of para-hydroxylation sites is 1. The third-order valence-corrected chi connectivity index (χ3v) is 9.40. The highest BCUT2D eigenvalue weighted by Gasteiger charge is 2.12. The topological polar surface area (TPSA) is 78.4 Å². The van der Waals surface area contributed by atoms with Crippen LogP contribution in [-0.2, 0) is 22.7 Å². The van der Waals surface area contributed by atoms with Gasteiger partial charge in [-0.3, -0.25) is 15.0 Å². The van der Waals surface area contributed by atoms with Crippen molar-refractivity contribution in [2.24, 2.45) is 0 Å². The van der Waals surface area contributed by atoms with Crippen molar-refractivity contribution in [2.45, 2.75) is 161 Å². The average molecular weight is 666 g/mol. The summed E-state index contributed by atoms with van der Waals surface area (Å²) in [4.78, 5) is 24.7. The number of aromatic nitrogens is 1. The number of hydrogen-bond acceptors (Lipinski definition) is 4. The second-order valence-corrected chi connectivity index (χ2v) is 13.7. The molecule has 1 heterocycles. The molecule has 0 atom stereocenters. The lowest BCUT2D eigenvalue weighted by Crippen LogP contribution is -2.31. The largest absolute Gasteiger partial charge is 0.356 e. The predicted octanol–water partition coefficient (Wildman–Crippen LogP) is 9.60. The van der Waals surface area contributed by atoms with Crippen LogP contribution in [0.4, 0.5) is 0 Å².